The first-order valence-corrected chi connectivity index (χ1v) is 13.3. The average Bonchev–Trinajstić information content (AvgIpc) is 2.85. The van der Waals surface area contributed by atoms with Gasteiger partial charge in [-0.15, -0.1) is 0 Å². The van der Waals surface area contributed by atoms with Crippen LogP contribution in [0.4, 0.5) is 0 Å². The van der Waals surface area contributed by atoms with E-state index in [2.05, 4.69) is 86.5 Å². The van der Waals surface area contributed by atoms with E-state index in [4.69, 9.17) is 0 Å². The Morgan fingerprint density at radius 2 is 1.17 bits per heavy atom. The first-order chi connectivity index (χ1) is 17.4. The van der Waals surface area contributed by atoms with Gasteiger partial charge in [-0.05, 0) is 123 Å². The van der Waals surface area contributed by atoms with Gasteiger partial charge in [-0.25, -0.2) is 0 Å². The number of aryl methyl sites for hydroxylation is 2. The SMILES string of the molecule is CN(C)CCCCc1ccc2c3cccc4cccc(c5c(=N)c(=N)c(CCCCN(C)C)c1c25)c43. The summed E-state index contributed by atoms with van der Waals surface area (Å²) in [5.41, 5.74) is 2.42. The molecule has 0 aromatic heterocycles. The van der Waals surface area contributed by atoms with Crippen LogP contribution in [0.1, 0.15) is 36.8 Å². The van der Waals surface area contributed by atoms with Gasteiger partial charge >= 0.3 is 0 Å². The third-order valence-corrected chi connectivity index (χ3v) is 7.69. The predicted octanol–water partition coefficient (Wildman–Crippen LogP) is 5.90. The van der Waals surface area contributed by atoms with E-state index in [1.54, 1.807) is 0 Å². The first-order valence-electron chi connectivity index (χ1n) is 13.3. The Bertz CT molecular complexity index is 1630. The van der Waals surface area contributed by atoms with Crippen molar-refractivity contribution in [1.82, 2.24) is 9.80 Å². The van der Waals surface area contributed by atoms with Gasteiger partial charge in [0, 0.05) is 10.8 Å². The Morgan fingerprint density at radius 1 is 0.556 bits per heavy atom. The number of nitrogens with zero attached hydrogens (tertiary/aromatic N) is 2. The zero-order chi connectivity index (χ0) is 25.4. The molecule has 0 unspecified atom stereocenters. The molecule has 0 aliphatic rings. The van der Waals surface area contributed by atoms with Gasteiger partial charge < -0.3 is 9.80 Å². The lowest BCUT2D eigenvalue weighted by molar-refractivity contribution is 0.394. The second-order valence-corrected chi connectivity index (χ2v) is 10.9. The smallest absolute Gasteiger partial charge is 0.0877 e. The van der Waals surface area contributed by atoms with Crippen LogP contribution < -0.4 is 10.7 Å². The second-order valence-electron chi connectivity index (χ2n) is 10.9. The number of fused-ring (bicyclic) bond motifs is 2. The summed E-state index contributed by atoms with van der Waals surface area (Å²) in [7, 11) is 8.50. The summed E-state index contributed by atoms with van der Waals surface area (Å²) >= 11 is 0. The molecule has 0 saturated carbocycles. The summed E-state index contributed by atoms with van der Waals surface area (Å²) in [6.45, 7) is 2.14. The standard InChI is InChI=1S/C32H38N4/c1-35(2)19-7-5-11-22-17-18-24-23-15-9-12-21-13-10-16-25(27(21)23)30-29(24)28(22)26(31(33)32(30)34)14-6-8-20-36(3)4/h9-10,12-13,15-18,33-34H,5-8,11,14,19-20H2,1-4H3. The van der Waals surface area contributed by atoms with Crippen LogP contribution in [-0.4, -0.2) is 51.1 Å². The molecule has 5 aromatic carbocycles. The molecule has 0 aliphatic carbocycles. The fourth-order valence-electron chi connectivity index (χ4n) is 5.98. The predicted molar refractivity (Wildman–Crippen MR) is 154 cm³/mol. The summed E-state index contributed by atoms with van der Waals surface area (Å²) in [5.74, 6) is 0. The first kappa shape index (κ1) is 24.6. The fraction of sp³-hybridized carbons (Fsp3) is 0.375. The monoisotopic (exact) mass is 478 g/mol. The van der Waals surface area contributed by atoms with Crippen LogP contribution in [0, 0.1) is 10.8 Å². The van der Waals surface area contributed by atoms with Crippen LogP contribution in [0.3, 0.4) is 0 Å². The molecule has 0 saturated heterocycles. The number of hydrogen-bond donors (Lipinski definition) is 2. The molecule has 0 atom stereocenters. The molecule has 0 bridgehead atoms. The molecule has 36 heavy (non-hydrogen) atoms. The normalized spacial score (nSPS) is 12.4. The molecule has 5 aromatic rings. The van der Waals surface area contributed by atoms with Crippen molar-refractivity contribution in [3.8, 4) is 0 Å². The van der Waals surface area contributed by atoms with Crippen LogP contribution in [0.5, 0.6) is 0 Å². The average molecular weight is 479 g/mol. The van der Waals surface area contributed by atoms with E-state index in [1.807, 2.05) is 0 Å². The van der Waals surface area contributed by atoms with E-state index in [-0.39, 0.29) is 0 Å². The highest BCUT2D eigenvalue weighted by atomic mass is 15.0. The molecule has 0 amide bonds. The minimum atomic E-state index is 0.387. The van der Waals surface area contributed by atoms with Crippen molar-refractivity contribution in [2.24, 2.45) is 0 Å². The van der Waals surface area contributed by atoms with Gasteiger partial charge in [-0.1, -0.05) is 48.5 Å². The molecular formula is C32H38N4. The van der Waals surface area contributed by atoms with Gasteiger partial charge in [0.15, 0.2) is 0 Å². The van der Waals surface area contributed by atoms with Crippen LogP contribution >= 0.6 is 0 Å². The number of hydrogen-bond acceptors (Lipinski definition) is 4. The van der Waals surface area contributed by atoms with Crippen molar-refractivity contribution in [2.45, 2.75) is 38.5 Å². The molecule has 0 heterocycles. The molecule has 0 aliphatic heterocycles. The van der Waals surface area contributed by atoms with E-state index in [9.17, 15) is 10.8 Å². The van der Waals surface area contributed by atoms with Crippen LogP contribution in [0.2, 0.25) is 0 Å². The van der Waals surface area contributed by atoms with Gasteiger partial charge in [0.25, 0.3) is 0 Å². The quantitative estimate of drug-likeness (QED) is 0.149. The number of nitrogens with one attached hydrogen (secondary N) is 2. The van der Waals surface area contributed by atoms with Crippen molar-refractivity contribution in [3.05, 3.63) is 70.4 Å². The van der Waals surface area contributed by atoms with Gasteiger partial charge in [0.1, 0.15) is 0 Å². The molecular weight excluding hydrogens is 440 g/mol. The van der Waals surface area contributed by atoms with Crippen molar-refractivity contribution in [1.29, 1.82) is 10.8 Å². The van der Waals surface area contributed by atoms with E-state index < -0.39 is 0 Å². The maximum Gasteiger partial charge on any atom is 0.0877 e. The second kappa shape index (κ2) is 10.1. The van der Waals surface area contributed by atoms with Crippen LogP contribution in [0.15, 0.2) is 48.5 Å². The van der Waals surface area contributed by atoms with E-state index in [1.165, 1.54) is 37.9 Å². The van der Waals surface area contributed by atoms with Gasteiger partial charge in [0.05, 0.1) is 10.7 Å². The molecule has 2 N–H and O–H groups in total. The highest BCUT2D eigenvalue weighted by Crippen LogP contribution is 2.40. The van der Waals surface area contributed by atoms with Crippen LogP contribution in [-0.2, 0) is 12.8 Å². The molecule has 4 nitrogen and oxygen atoms in total. The third kappa shape index (κ3) is 4.33. The highest BCUT2D eigenvalue weighted by Gasteiger charge is 2.20. The summed E-state index contributed by atoms with van der Waals surface area (Å²) in [5, 5.41) is 28.6. The van der Waals surface area contributed by atoms with Crippen molar-refractivity contribution in [3.63, 3.8) is 0 Å². The topological polar surface area (TPSA) is 54.2 Å². The van der Waals surface area contributed by atoms with Crippen molar-refractivity contribution >= 4 is 43.1 Å². The zero-order valence-electron chi connectivity index (χ0n) is 22.2. The third-order valence-electron chi connectivity index (χ3n) is 7.69. The zero-order valence-corrected chi connectivity index (χ0v) is 22.2. The molecule has 0 radical (unpaired) electrons. The largest absolute Gasteiger partial charge is 0.309 e. The maximum atomic E-state index is 9.19. The van der Waals surface area contributed by atoms with E-state index in [0.717, 1.165) is 68.0 Å². The Balaban J connectivity index is 1.78. The number of rotatable bonds is 10. The highest BCUT2D eigenvalue weighted by molar-refractivity contribution is 6.33. The van der Waals surface area contributed by atoms with Gasteiger partial charge in [0.2, 0.25) is 0 Å². The minimum Gasteiger partial charge on any atom is -0.309 e. The van der Waals surface area contributed by atoms with E-state index >= 15 is 0 Å². The molecule has 0 spiro atoms. The Morgan fingerprint density at radius 3 is 1.83 bits per heavy atom. The Hall–Kier alpha value is -3.08. The van der Waals surface area contributed by atoms with Gasteiger partial charge in [-0.3, -0.25) is 10.8 Å². The summed E-state index contributed by atoms with van der Waals surface area (Å²) in [6, 6.07) is 17.6. The lowest BCUT2D eigenvalue weighted by Crippen LogP contribution is -2.29. The van der Waals surface area contributed by atoms with Crippen molar-refractivity contribution < 1.29 is 0 Å². The molecule has 5 rings (SSSR count). The number of unbranched alkanes of at least 4 members (excludes halogenated alkanes) is 2. The Labute approximate surface area is 213 Å². The summed E-state index contributed by atoms with van der Waals surface area (Å²) in [4.78, 5) is 4.47. The molecule has 186 valence electrons. The van der Waals surface area contributed by atoms with Crippen molar-refractivity contribution in [2.75, 3.05) is 41.3 Å². The van der Waals surface area contributed by atoms with Gasteiger partial charge in [-0.2, -0.15) is 0 Å². The lowest BCUT2D eigenvalue weighted by Gasteiger charge is -2.20. The maximum absolute atomic E-state index is 9.19. The lowest BCUT2D eigenvalue weighted by atomic mass is 9.84. The molecule has 4 heteroatoms. The summed E-state index contributed by atoms with van der Waals surface area (Å²) < 4.78 is 0. The Kier molecular flexibility index (Phi) is 6.92. The van der Waals surface area contributed by atoms with E-state index in [0.29, 0.717) is 10.7 Å². The fourth-order valence-corrected chi connectivity index (χ4v) is 5.98. The summed E-state index contributed by atoms with van der Waals surface area (Å²) in [6.07, 6.45) is 6.29. The minimum absolute atomic E-state index is 0.387. The molecule has 0 fully saturated rings. The number of benzene rings is 5. The van der Waals surface area contributed by atoms with Crippen LogP contribution in [0.25, 0.3) is 43.1 Å².